The molecule has 334 valence electrons. The highest BCUT2D eigenvalue weighted by Gasteiger charge is 2.45. The van der Waals surface area contributed by atoms with Crippen LogP contribution in [0, 0.1) is 17.8 Å². The minimum atomic E-state index is -0.647. The molecule has 4 heterocycles. The molecule has 10 nitrogen and oxygen atoms in total. The molecular weight excluding hydrogens is 793 g/mol. The number of aliphatic hydroxyl groups is 1. The van der Waals surface area contributed by atoms with Gasteiger partial charge in [0.15, 0.2) is 28.8 Å². The number of aliphatic hydroxyl groups excluding tert-OH is 1. The Bertz CT molecular complexity index is 2340. The van der Waals surface area contributed by atoms with Gasteiger partial charge in [0.2, 0.25) is 6.29 Å². The Balaban J connectivity index is 1.11. The molecule has 1 fully saturated rings. The number of fused-ring (bicyclic) bond motifs is 7. The van der Waals surface area contributed by atoms with Crippen LogP contribution in [0.15, 0.2) is 78.6 Å². The lowest BCUT2D eigenvalue weighted by molar-refractivity contribution is -0.171. The average Bonchev–Trinajstić information content (AvgIpc) is 3.71. The minimum Gasteiger partial charge on any atom is -0.493 e. The number of nitrogens with zero attached hydrogens (tertiary/aromatic N) is 2. The normalized spacial score (nSPS) is 24.8. The van der Waals surface area contributed by atoms with Crippen LogP contribution in [-0.2, 0) is 33.5 Å². The van der Waals surface area contributed by atoms with E-state index in [1.54, 1.807) is 28.4 Å². The van der Waals surface area contributed by atoms with Crippen LogP contribution in [0.3, 0.4) is 0 Å². The first-order chi connectivity index (χ1) is 30.8. The van der Waals surface area contributed by atoms with E-state index >= 15 is 4.79 Å². The second-order valence-electron chi connectivity index (χ2n) is 18.0. The van der Waals surface area contributed by atoms with Gasteiger partial charge in [-0.25, -0.2) is 0 Å². The number of piperidine rings is 1. The first-order valence-corrected chi connectivity index (χ1v) is 23.2. The van der Waals surface area contributed by atoms with Gasteiger partial charge in [0.1, 0.15) is 0 Å². The number of ether oxygens (including phenoxy) is 6. The lowest BCUT2D eigenvalue weighted by Gasteiger charge is -2.49. The van der Waals surface area contributed by atoms with Crippen molar-refractivity contribution in [3.8, 4) is 34.1 Å². The number of rotatable bonds is 14. The molecule has 1 N–H and O–H groups in total. The summed E-state index contributed by atoms with van der Waals surface area (Å²) in [6, 6.07) is 23.8. The molecule has 4 aromatic rings. The maximum Gasteiger partial charge on any atom is 0.289 e. The number of carbonyl (C=O) groups excluding carboxylic acids is 1. The predicted octanol–water partition coefficient (Wildman–Crippen LogP) is 9.20. The Morgan fingerprint density at radius 3 is 2.17 bits per heavy atom. The SMILES string of the molecule is CCO[C@H]1OC(C(=O)N2CCc3cc(OC)c(OC)cc3[C@H]2C[C@H]2C[C@H]3c4cc(OC)c(OC)cc4CCN3C[C@@H]2CC)=C[C@@H](c2cccc3c2Cc2ccccc2-3)[C@@H]1CCCO. The smallest absolute Gasteiger partial charge is 0.289 e. The summed E-state index contributed by atoms with van der Waals surface area (Å²) < 4.78 is 36.5. The van der Waals surface area contributed by atoms with Gasteiger partial charge < -0.3 is 38.4 Å². The van der Waals surface area contributed by atoms with Gasteiger partial charge in [-0.05, 0) is 144 Å². The second kappa shape index (κ2) is 18.6. The summed E-state index contributed by atoms with van der Waals surface area (Å²) in [5.74, 6) is 3.66. The molecule has 10 heteroatoms. The van der Waals surface area contributed by atoms with E-state index in [1.165, 1.54) is 44.5 Å². The third kappa shape index (κ3) is 7.97. The van der Waals surface area contributed by atoms with Gasteiger partial charge in [-0.2, -0.15) is 0 Å². The van der Waals surface area contributed by atoms with Gasteiger partial charge in [0.05, 0.1) is 34.5 Å². The van der Waals surface area contributed by atoms with E-state index < -0.39 is 6.29 Å². The van der Waals surface area contributed by atoms with Crippen LogP contribution in [0.5, 0.6) is 23.0 Å². The van der Waals surface area contributed by atoms with E-state index in [1.807, 2.05) is 6.92 Å². The molecule has 63 heavy (non-hydrogen) atoms. The topological polar surface area (TPSA) is 99.2 Å². The Morgan fingerprint density at radius 2 is 1.46 bits per heavy atom. The van der Waals surface area contributed by atoms with Crippen molar-refractivity contribution in [3.05, 3.63) is 118 Å². The van der Waals surface area contributed by atoms with Crippen LogP contribution in [0.1, 0.15) is 103 Å². The molecule has 0 aromatic heterocycles. The van der Waals surface area contributed by atoms with Crippen molar-refractivity contribution in [3.63, 3.8) is 0 Å². The van der Waals surface area contributed by atoms with Gasteiger partial charge in [-0.15, -0.1) is 0 Å². The number of benzene rings is 4. The fourth-order valence-corrected chi connectivity index (χ4v) is 11.8. The summed E-state index contributed by atoms with van der Waals surface area (Å²) in [5.41, 5.74) is 11.2. The van der Waals surface area contributed by atoms with Gasteiger partial charge in [0, 0.05) is 50.7 Å². The number of amides is 1. The minimum absolute atomic E-state index is 0.0743. The quantitative estimate of drug-likeness (QED) is 0.117. The van der Waals surface area contributed by atoms with Gasteiger partial charge in [-0.1, -0.05) is 55.8 Å². The van der Waals surface area contributed by atoms with Crippen molar-refractivity contribution < 1.29 is 38.3 Å². The van der Waals surface area contributed by atoms with E-state index in [0.29, 0.717) is 61.5 Å². The summed E-state index contributed by atoms with van der Waals surface area (Å²) in [4.78, 5) is 20.3. The van der Waals surface area contributed by atoms with Crippen molar-refractivity contribution in [1.82, 2.24) is 9.80 Å². The van der Waals surface area contributed by atoms with Gasteiger partial charge in [-0.3, -0.25) is 9.69 Å². The van der Waals surface area contributed by atoms with E-state index in [-0.39, 0.29) is 36.4 Å². The van der Waals surface area contributed by atoms with E-state index in [4.69, 9.17) is 28.4 Å². The Morgan fingerprint density at radius 1 is 0.778 bits per heavy atom. The molecule has 0 spiro atoms. The zero-order valence-electron chi connectivity index (χ0n) is 37.9. The van der Waals surface area contributed by atoms with Crippen molar-refractivity contribution in [2.45, 2.75) is 89.5 Å². The first kappa shape index (κ1) is 43.2. The molecule has 1 saturated heterocycles. The van der Waals surface area contributed by atoms with E-state index in [9.17, 15) is 5.11 Å². The molecule has 4 aromatic carbocycles. The van der Waals surface area contributed by atoms with Crippen LogP contribution >= 0.6 is 0 Å². The number of methoxy groups -OCH3 is 4. The maximum atomic E-state index is 15.6. The van der Waals surface area contributed by atoms with Crippen LogP contribution in [0.2, 0.25) is 0 Å². The maximum absolute atomic E-state index is 15.6. The van der Waals surface area contributed by atoms with E-state index in [2.05, 4.69) is 89.5 Å². The van der Waals surface area contributed by atoms with Crippen molar-refractivity contribution in [2.24, 2.45) is 17.8 Å². The Kier molecular flexibility index (Phi) is 12.8. The summed E-state index contributed by atoms with van der Waals surface area (Å²) in [5, 5.41) is 10.1. The van der Waals surface area contributed by atoms with Crippen molar-refractivity contribution in [2.75, 3.05) is 61.3 Å². The zero-order valence-corrected chi connectivity index (χ0v) is 37.9. The molecule has 4 aliphatic heterocycles. The molecule has 0 saturated carbocycles. The largest absolute Gasteiger partial charge is 0.493 e. The molecule has 0 bridgehead atoms. The zero-order chi connectivity index (χ0) is 43.8. The fraction of sp³-hybridized carbons (Fsp3) is 0.491. The van der Waals surface area contributed by atoms with Crippen LogP contribution < -0.4 is 18.9 Å². The third-order valence-electron chi connectivity index (χ3n) is 15.0. The van der Waals surface area contributed by atoms with Crippen LogP contribution in [0.25, 0.3) is 11.1 Å². The molecule has 9 rings (SSSR count). The first-order valence-electron chi connectivity index (χ1n) is 23.2. The summed E-state index contributed by atoms with van der Waals surface area (Å²) in [6.07, 6.45) is 8.08. The van der Waals surface area contributed by atoms with Gasteiger partial charge >= 0.3 is 0 Å². The number of carbonyl (C=O) groups is 1. The number of hydrogen-bond donors (Lipinski definition) is 1. The highest BCUT2D eigenvalue weighted by Crippen LogP contribution is 2.51. The molecule has 0 unspecified atom stereocenters. The molecular formula is C53H64N2O8. The highest BCUT2D eigenvalue weighted by molar-refractivity contribution is 5.92. The number of hydrogen-bond acceptors (Lipinski definition) is 9. The summed E-state index contributed by atoms with van der Waals surface area (Å²) in [7, 11) is 6.77. The summed E-state index contributed by atoms with van der Waals surface area (Å²) in [6.45, 7) is 7.36. The monoisotopic (exact) mass is 856 g/mol. The number of allylic oxidation sites excluding steroid dienone is 1. The van der Waals surface area contributed by atoms with Crippen LogP contribution in [0.4, 0.5) is 0 Å². The van der Waals surface area contributed by atoms with Crippen LogP contribution in [-0.4, -0.2) is 88.4 Å². The molecule has 1 aliphatic carbocycles. The third-order valence-corrected chi connectivity index (χ3v) is 15.0. The highest BCUT2D eigenvalue weighted by atomic mass is 16.7. The van der Waals surface area contributed by atoms with Crippen molar-refractivity contribution in [1.29, 1.82) is 0 Å². The molecule has 0 radical (unpaired) electrons. The summed E-state index contributed by atoms with van der Waals surface area (Å²) >= 11 is 0. The lowest BCUT2D eigenvalue weighted by Crippen LogP contribution is -2.48. The van der Waals surface area contributed by atoms with Crippen molar-refractivity contribution >= 4 is 5.91 Å². The Hall–Kier alpha value is -5.03. The van der Waals surface area contributed by atoms with E-state index in [0.717, 1.165) is 62.3 Å². The average molecular weight is 857 g/mol. The second-order valence-corrected chi connectivity index (χ2v) is 18.0. The molecule has 1 amide bonds. The fourth-order valence-electron chi connectivity index (χ4n) is 11.8. The lowest BCUT2D eigenvalue weighted by atomic mass is 9.72. The predicted molar refractivity (Wildman–Crippen MR) is 244 cm³/mol. The Labute approximate surface area is 373 Å². The molecule has 7 atom stereocenters. The molecule has 5 aliphatic rings. The van der Waals surface area contributed by atoms with Gasteiger partial charge in [0.25, 0.3) is 5.91 Å². The standard InChI is InChI=1S/C53H64N2O8/c1-7-32-31-54-20-18-34-26-47(58-3)49(60-5)28-41(34)45(54)24-36(32)25-46-42-29-50(61-6)48(59-4)27-35(42)19-21-55(46)52(57)51-30-44(40(17-12-22-56)53(63-51)62-8-2)39-16-11-15-38-37-14-10-9-13-33(37)23-43(38)39/h9-11,13-16,26-30,32,36,40,44-46,53,56H,7-8,12,17-25,31H2,1-6H3/t32-,36+,40-,44-,45-,46+,53-/m0/s1.